The Bertz CT molecular complexity index is 605. The molecule has 3 nitrogen and oxygen atoms in total. The van der Waals surface area contributed by atoms with Gasteiger partial charge in [0.1, 0.15) is 10.3 Å². The summed E-state index contributed by atoms with van der Waals surface area (Å²) in [7, 11) is 0. The summed E-state index contributed by atoms with van der Waals surface area (Å²) in [4.78, 5) is 19.0. The number of aromatic amines is 1. The van der Waals surface area contributed by atoms with Crippen LogP contribution < -0.4 is 5.56 Å². The lowest BCUT2D eigenvalue weighted by molar-refractivity contribution is 0.970. The number of benzene rings is 1. The highest BCUT2D eigenvalue weighted by molar-refractivity contribution is 9.10. The smallest absolute Gasteiger partial charge is 0.265 e. The van der Waals surface area contributed by atoms with E-state index in [2.05, 4.69) is 25.9 Å². The summed E-state index contributed by atoms with van der Waals surface area (Å²) in [5.74, 6) is 0.624. The van der Waals surface area contributed by atoms with Crippen molar-refractivity contribution in [2.45, 2.75) is 20.3 Å². The molecule has 0 saturated carbocycles. The summed E-state index contributed by atoms with van der Waals surface area (Å²) in [5, 5.41) is 0. The first-order chi connectivity index (χ1) is 8.11. The van der Waals surface area contributed by atoms with Crippen LogP contribution in [-0.4, -0.2) is 9.97 Å². The van der Waals surface area contributed by atoms with Gasteiger partial charge in [-0.15, -0.1) is 0 Å². The SMILES string of the molecule is CCc1nc(-c2cccc(C)c2)[nH]c(=O)c1Br. The van der Waals surface area contributed by atoms with Crippen LogP contribution in [0.1, 0.15) is 18.2 Å². The van der Waals surface area contributed by atoms with E-state index in [1.807, 2.05) is 38.1 Å². The maximum Gasteiger partial charge on any atom is 0.265 e. The quantitative estimate of drug-likeness (QED) is 0.925. The molecule has 0 saturated heterocycles. The maximum absolute atomic E-state index is 11.7. The van der Waals surface area contributed by atoms with Crippen LogP contribution in [-0.2, 0) is 6.42 Å². The summed E-state index contributed by atoms with van der Waals surface area (Å²) in [6.07, 6.45) is 0.726. The predicted molar refractivity (Wildman–Crippen MR) is 72.1 cm³/mol. The second-order valence-electron chi connectivity index (χ2n) is 3.90. The van der Waals surface area contributed by atoms with Gasteiger partial charge < -0.3 is 4.98 Å². The summed E-state index contributed by atoms with van der Waals surface area (Å²) in [6, 6.07) is 7.92. The van der Waals surface area contributed by atoms with E-state index in [9.17, 15) is 4.79 Å². The molecule has 1 aromatic heterocycles. The number of nitrogens with zero attached hydrogens (tertiary/aromatic N) is 1. The van der Waals surface area contributed by atoms with Crippen molar-refractivity contribution >= 4 is 15.9 Å². The van der Waals surface area contributed by atoms with Crippen LogP contribution >= 0.6 is 15.9 Å². The van der Waals surface area contributed by atoms with E-state index in [0.29, 0.717) is 10.3 Å². The number of nitrogens with one attached hydrogen (secondary N) is 1. The Morgan fingerprint density at radius 3 is 2.82 bits per heavy atom. The first kappa shape index (κ1) is 12.0. The summed E-state index contributed by atoms with van der Waals surface area (Å²) in [6.45, 7) is 3.99. The topological polar surface area (TPSA) is 45.8 Å². The average molecular weight is 293 g/mol. The number of aryl methyl sites for hydroxylation is 2. The van der Waals surface area contributed by atoms with Gasteiger partial charge in [0.25, 0.3) is 5.56 Å². The van der Waals surface area contributed by atoms with Gasteiger partial charge in [0.05, 0.1) is 5.69 Å². The molecule has 0 fully saturated rings. The molecular weight excluding hydrogens is 280 g/mol. The van der Waals surface area contributed by atoms with Gasteiger partial charge in [-0.1, -0.05) is 30.7 Å². The predicted octanol–water partition coefficient (Wildman–Crippen LogP) is 3.07. The second-order valence-corrected chi connectivity index (χ2v) is 4.69. The molecule has 88 valence electrons. The van der Waals surface area contributed by atoms with Crippen molar-refractivity contribution in [3.63, 3.8) is 0 Å². The molecule has 0 bridgehead atoms. The van der Waals surface area contributed by atoms with Gasteiger partial charge in [-0.05, 0) is 35.3 Å². The maximum atomic E-state index is 11.7. The molecule has 17 heavy (non-hydrogen) atoms. The van der Waals surface area contributed by atoms with E-state index in [0.717, 1.165) is 23.2 Å². The minimum atomic E-state index is -0.131. The number of halogens is 1. The number of H-pyrrole nitrogens is 1. The molecule has 0 radical (unpaired) electrons. The third-order valence-electron chi connectivity index (χ3n) is 2.56. The highest BCUT2D eigenvalue weighted by atomic mass is 79.9. The minimum absolute atomic E-state index is 0.131. The van der Waals surface area contributed by atoms with Gasteiger partial charge >= 0.3 is 0 Å². The van der Waals surface area contributed by atoms with Crippen molar-refractivity contribution in [1.29, 1.82) is 0 Å². The number of hydrogen-bond donors (Lipinski definition) is 1. The van der Waals surface area contributed by atoms with Crippen molar-refractivity contribution in [2.75, 3.05) is 0 Å². The zero-order valence-corrected chi connectivity index (χ0v) is 11.3. The Hall–Kier alpha value is -1.42. The van der Waals surface area contributed by atoms with Crippen LogP contribution in [0.4, 0.5) is 0 Å². The molecule has 1 heterocycles. The molecule has 0 atom stereocenters. The highest BCUT2D eigenvalue weighted by Gasteiger charge is 2.08. The van der Waals surface area contributed by atoms with E-state index >= 15 is 0 Å². The number of hydrogen-bond acceptors (Lipinski definition) is 2. The van der Waals surface area contributed by atoms with Crippen LogP contribution in [0.3, 0.4) is 0 Å². The molecule has 0 spiro atoms. The molecule has 0 aliphatic carbocycles. The van der Waals surface area contributed by atoms with Gasteiger partial charge in [-0.25, -0.2) is 4.98 Å². The molecule has 0 amide bonds. The average Bonchev–Trinajstić information content (AvgIpc) is 2.32. The van der Waals surface area contributed by atoms with E-state index in [4.69, 9.17) is 0 Å². The zero-order chi connectivity index (χ0) is 12.4. The molecule has 0 aliphatic heterocycles. The molecule has 1 aromatic carbocycles. The Kier molecular flexibility index (Phi) is 3.43. The molecule has 2 aromatic rings. The lowest BCUT2D eigenvalue weighted by atomic mass is 10.1. The Morgan fingerprint density at radius 1 is 1.41 bits per heavy atom. The van der Waals surface area contributed by atoms with E-state index in [1.54, 1.807) is 0 Å². The number of rotatable bonds is 2. The molecule has 0 aliphatic rings. The van der Waals surface area contributed by atoms with E-state index < -0.39 is 0 Å². The van der Waals surface area contributed by atoms with Gasteiger partial charge in [0.2, 0.25) is 0 Å². The van der Waals surface area contributed by atoms with E-state index in [1.165, 1.54) is 0 Å². The van der Waals surface area contributed by atoms with E-state index in [-0.39, 0.29) is 5.56 Å². The molecule has 2 rings (SSSR count). The summed E-state index contributed by atoms with van der Waals surface area (Å²) >= 11 is 3.26. The fourth-order valence-electron chi connectivity index (χ4n) is 1.67. The highest BCUT2D eigenvalue weighted by Crippen LogP contribution is 2.18. The summed E-state index contributed by atoms with van der Waals surface area (Å²) in [5.41, 5.74) is 2.73. The lowest BCUT2D eigenvalue weighted by Crippen LogP contribution is -2.13. The van der Waals surface area contributed by atoms with Crippen LogP contribution in [0, 0.1) is 6.92 Å². The van der Waals surface area contributed by atoms with Crippen molar-refractivity contribution < 1.29 is 0 Å². The number of aromatic nitrogens is 2. The molecular formula is C13H13BrN2O. The minimum Gasteiger partial charge on any atom is -0.306 e. The monoisotopic (exact) mass is 292 g/mol. The molecule has 0 unspecified atom stereocenters. The van der Waals surface area contributed by atoms with Gasteiger partial charge in [0, 0.05) is 5.56 Å². The van der Waals surface area contributed by atoms with Crippen molar-refractivity contribution in [3.05, 3.63) is 50.3 Å². The van der Waals surface area contributed by atoms with Crippen LogP contribution in [0.25, 0.3) is 11.4 Å². The Balaban J connectivity index is 2.61. The lowest BCUT2D eigenvalue weighted by Gasteiger charge is -2.05. The second kappa shape index (κ2) is 4.84. The van der Waals surface area contributed by atoms with Crippen LogP contribution in [0.2, 0.25) is 0 Å². The Labute approximate surface area is 108 Å². The fraction of sp³-hybridized carbons (Fsp3) is 0.231. The first-order valence-electron chi connectivity index (χ1n) is 5.47. The van der Waals surface area contributed by atoms with Gasteiger partial charge in [-0.2, -0.15) is 0 Å². The Morgan fingerprint density at radius 2 is 2.18 bits per heavy atom. The van der Waals surface area contributed by atoms with Crippen LogP contribution in [0.15, 0.2) is 33.5 Å². The third-order valence-corrected chi connectivity index (χ3v) is 3.38. The third kappa shape index (κ3) is 2.47. The van der Waals surface area contributed by atoms with Crippen molar-refractivity contribution in [2.24, 2.45) is 0 Å². The van der Waals surface area contributed by atoms with Gasteiger partial charge in [0.15, 0.2) is 0 Å². The van der Waals surface area contributed by atoms with Gasteiger partial charge in [-0.3, -0.25) is 4.79 Å². The fourth-order valence-corrected chi connectivity index (χ4v) is 2.14. The van der Waals surface area contributed by atoms with Crippen molar-refractivity contribution in [3.8, 4) is 11.4 Å². The zero-order valence-electron chi connectivity index (χ0n) is 9.75. The largest absolute Gasteiger partial charge is 0.306 e. The molecule has 4 heteroatoms. The first-order valence-corrected chi connectivity index (χ1v) is 6.27. The normalized spacial score (nSPS) is 10.5. The van der Waals surface area contributed by atoms with Crippen molar-refractivity contribution in [1.82, 2.24) is 9.97 Å². The van der Waals surface area contributed by atoms with Crippen LogP contribution in [0.5, 0.6) is 0 Å². The molecule has 1 N–H and O–H groups in total. The standard InChI is InChI=1S/C13H13BrN2O/c1-3-10-11(14)13(17)16-12(15-10)9-6-4-5-8(2)7-9/h4-7H,3H2,1-2H3,(H,15,16,17). The summed E-state index contributed by atoms with van der Waals surface area (Å²) < 4.78 is 0.524.